The van der Waals surface area contributed by atoms with Gasteiger partial charge in [0, 0.05) is 36.1 Å². The summed E-state index contributed by atoms with van der Waals surface area (Å²) in [6.07, 6.45) is 5.71. The van der Waals surface area contributed by atoms with Crippen LogP contribution in [0.4, 0.5) is 0 Å². The van der Waals surface area contributed by atoms with Gasteiger partial charge in [0.05, 0.1) is 13.2 Å². The third-order valence-corrected chi connectivity index (χ3v) is 5.71. The highest BCUT2D eigenvalue weighted by atomic mass is 16.7. The molecule has 1 atom stereocenters. The Bertz CT molecular complexity index is 610. The second-order valence-corrected chi connectivity index (χ2v) is 7.09. The van der Waals surface area contributed by atoms with Crippen LogP contribution in [0.2, 0.25) is 0 Å². The van der Waals surface area contributed by atoms with Gasteiger partial charge in [0.1, 0.15) is 0 Å². The van der Waals surface area contributed by atoms with E-state index >= 15 is 0 Å². The summed E-state index contributed by atoms with van der Waals surface area (Å²) in [6, 6.07) is -0.0559. The molecule has 0 bridgehead atoms. The van der Waals surface area contributed by atoms with E-state index in [2.05, 4.69) is 13.8 Å². The first-order valence-corrected chi connectivity index (χ1v) is 7.99. The number of rotatable bonds is 0. The average Bonchev–Trinajstić information content (AvgIpc) is 2.94. The van der Waals surface area contributed by atoms with Gasteiger partial charge >= 0.3 is 0 Å². The van der Waals surface area contributed by atoms with Gasteiger partial charge in [-0.2, -0.15) is 0 Å². The number of allylic oxidation sites excluding steroid dienone is 1. The molecule has 0 aromatic rings. The zero-order valence-corrected chi connectivity index (χ0v) is 13.1. The summed E-state index contributed by atoms with van der Waals surface area (Å²) in [5.41, 5.74) is 1.67. The molecule has 3 heterocycles. The molecule has 0 N–H and O–H groups in total. The van der Waals surface area contributed by atoms with Crippen molar-refractivity contribution in [3.05, 3.63) is 23.4 Å². The molecule has 118 valence electrons. The van der Waals surface area contributed by atoms with Crippen LogP contribution in [0.1, 0.15) is 39.5 Å². The summed E-state index contributed by atoms with van der Waals surface area (Å²) in [7, 11) is 0. The Hall–Kier alpha value is -1.46. The Labute approximate surface area is 129 Å². The number of nitrogens with zero attached hydrogens (tertiary/aromatic N) is 1. The molecule has 3 aliphatic heterocycles. The number of ether oxygens (including phenoxy) is 2. The molecule has 1 saturated heterocycles. The average molecular weight is 303 g/mol. The molecule has 0 aromatic carbocycles. The maximum Gasteiger partial charge on any atom is 0.253 e. The summed E-state index contributed by atoms with van der Waals surface area (Å²) >= 11 is 0. The zero-order chi connectivity index (χ0) is 15.5. The molecular formula is C17H21NO4. The molecule has 0 unspecified atom stereocenters. The lowest BCUT2D eigenvalue weighted by molar-refractivity contribution is -0.226. The van der Waals surface area contributed by atoms with Crippen LogP contribution in [-0.2, 0) is 19.1 Å². The number of hydrogen-bond acceptors (Lipinski definition) is 4. The van der Waals surface area contributed by atoms with Crippen molar-refractivity contribution in [2.75, 3.05) is 13.2 Å². The van der Waals surface area contributed by atoms with E-state index in [0.717, 1.165) is 17.6 Å². The SMILES string of the molecule is CC1(C)C2=C(CCC13OCCO3)C(=O)N1C=CC(=O)C[C@@H]1C2. The van der Waals surface area contributed by atoms with E-state index in [4.69, 9.17) is 9.47 Å². The molecule has 1 fully saturated rings. The quantitative estimate of drug-likeness (QED) is 0.686. The van der Waals surface area contributed by atoms with Crippen molar-refractivity contribution < 1.29 is 19.1 Å². The van der Waals surface area contributed by atoms with E-state index in [9.17, 15) is 9.59 Å². The van der Waals surface area contributed by atoms with E-state index in [0.29, 0.717) is 32.5 Å². The minimum absolute atomic E-state index is 0.0518. The van der Waals surface area contributed by atoms with Crippen LogP contribution < -0.4 is 0 Å². The summed E-state index contributed by atoms with van der Waals surface area (Å²) < 4.78 is 12.0. The van der Waals surface area contributed by atoms with Gasteiger partial charge in [-0.3, -0.25) is 9.59 Å². The third-order valence-electron chi connectivity index (χ3n) is 5.71. The topological polar surface area (TPSA) is 55.8 Å². The summed E-state index contributed by atoms with van der Waals surface area (Å²) in [6.45, 7) is 5.43. The van der Waals surface area contributed by atoms with Crippen molar-refractivity contribution in [1.82, 2.24) is 4.90 Å². The van der Waals surface area contributed by atoms with Gasteiger partial charge < -0.3 is 14.4 Å². The monoisotopic (exact) mass is 303 g/mol. The standard InChI is InChI=1S/C17H21NO4/c1-16(2)14-10-11-9-12(19)4-6-18(11)15(20)13(14)3-5-17(16)21-7-8-22-17/h4,6,11H,3,5,7-10H2,1-2H3/t11-/m1/s1. The first-order valence-electron chi connectivity index (χ1n) is 7.99. The van der Waals surface area contributed by atoms with E-state index in [1.165, 1.54) is 6.08 Å². The van der Waals surface area contributed by atoms with Gasteiger partial charge in [-0.1, -0.05) is 13.8 Å². The number of ketones is 1. The minimum atomic E-state index is -0.608. The molecule has 4 aliphatic rings. The van der Waals surface area contributed by atoms with Gasteiger partial charge in [0.2, 0.25) is 0 Å². The van der Waals surface area contributed by atoms with Crippen molar-refractivity contribution in [3.8, 4) is 0 Å². The number of fused-ring (bicyclic) bond motifs is 1. The molecule has 0 saturated carbocycles. The third kappa shape index (κ3) is 1.72. The van der Waals surface area contributed by atoms with Crippen molar-refractivity contribution >= 4 is 11.7 Å². The lowest BCUT2D eigenvalue weighted by atomic mass is 9.64. The fraction of sp³-hybridized carbons (Fsp3) is 0.647. The predicted molar refractivity (Wildman–Crippen MR) is 78.7 cm³/mol. The second-order valence-electron chi connectivity index (χ2n) is 7.09. The molecule has 0 aromatic heterocycles. The Morgan fingerprint density at radius 1 is 1.18 bits per heavy atom. The van der Waals surface area contributed by atoms with Gasteiger partial charge in [-0.05, 0) is 24.5 Å². The fourth-order valence-corrected chi connectivity index (χ4v) is 4.41. The van der Waals surface area contributed by atoms with Crippen LogP contribution in [0, 0.1) is 5.41 Å². The highest BCUT2D eigenvalue weighted by Crippen LogP contribution is 2.55. The van der Waals surface area contributed by atoms with Gasteiger partial charge in [-0.15, -0.1) is 0 Å². The van der Waals surface area contributed by atoms with Gasteiger partial charge in [0.25, 0.3) is 5.91 Å². The van der Waals surface area contributed by atoms with Crippen LogP contribution in [-0.4, -0.2) is 41.6 Å². The van der Waals surface area contributed by atoms with E-state index in [1.54, 1.807) is 11.1 Å². The van der Waals surface area contributed by atoms with E-state index in [1.807, 2.05) is 0 Å². The van der Waals surface area contributed by atoms with E-state index in [-0.39, 0.29) is 23.1 Å². The van der Waals surface area contributed by atoms with Crippen molar-refractivity contribution in [2.24, 2.45) is 5.41 Å². The van der Waals surface area contributed by atoms with Crippen LogP contribution in [0.15, 0.2) is 23.4 Å². The zero-order valence-electron chi connectivity index (χ0n) is 13.1. The van der Waals surface area contributed by atoms with Crippen LogP contribution in [0.3, 0.4) is 0 Å². The number of amides is 1. The number of hydrogen-bond donors (Lipinski definition) is 0. The second kappa shape index (κ2) is 4.52. The largest absolute Gasteiger partial charge is 0.347 e. The molecule has 1 amide bonds. The molecule has 5 nitrogen and oxygen atoms in total. The molecular weight excluding hydrogens is 282 g/mol. The Kier molecular flexibility index (Phi) is 2.91. The van der Waals surface area contributed by atoms with Crippen molar-refractivity contribution in [2.45, 2.75) is 51.4 Å². The fourth-order valence-electron chi connectivity index (χ4n) is 4.41. The normalized spacial score (nSPS) is 32.5. The summed E-state index contributed by atoms with van der Waals surface area (Å²) in [5, 5.41) is 0. The number of carbonyl (C=O) groups is 2. The van der Waals surface area contributed by atoms with Crippen molar-refractivity contribution in [3.63, 3.8) is 0 Å². The molecule has 0 radical (unpaired) electrons. The van der Waals surface area contributed by atoms with Crippen LogP contribution in [0.25, 0.3) is 0 Å². The molecule has 1 aliphatic carbocycles. The molecule has 5 heteroatoms. The minimum Gasteiger partial charge on any atom is -0.347 e. The first kappa shape index (κ1) is 14.2. The van der Waals surface area contributed by atoms with Crippen LogP contribution in [0.5, 0.6) is 0 Å². The molecule has 22 heavy (non-hydrogen) atoms. The predicted octanol–water partition coefficient (Wildman–Crippen LogP) is 1.93. The Morgan fingerprint density at radius 3 is 2.64 bits per heavy atom. The molecule has 1 spiro atoms. The van der Waals surface area contributed by atoms with Gasteiger partial charge in [-0.25, -0.2) is 0 Å². The lowest BCUT2D eigenvalue weighted by Gasteiger charge is -2.51. The lowest BCUT2D eigenvalue weighted by Crippen LogP contribution is -2.55. The van der Waals surface area contributed by atoms with Gasteiger partial charge in [0.15, 0.2) is 11.6 Å². The summed E-state index contributed by atoms with van der Waals surface area (Å²) in [4.78, 5) is 26.3. The number of carbonyl (C=O) groups excluding carboxylic acids is 2. The maximum atomic E-state index is 12.8. The van der Waals surface area contributed by atoms with Crippen molar-refractivity contribution in [1.29, 1.82) is 0 Å². The van der Waals surface area contributed by atoms with E-state index < -0.39 is 5.79 Å². The smallest absolute Gasteiger partial charge is 0.253 e. The summed E-state index contributed by atoms with van der Waals surface area (Å²) in [5.74, 6) is -0.464. The highest BCUT2D eigenvalue weighted by Gasteiger charge is 2.57. The first-order chi connectivity index (χ1) is 10.4. The Morgan fingerprint density at radius 2 is 1.91 bits per heavy atom. The highest BCUT2D eigenvalue weighted by molar-refractivity contribution is 6.00. The Balaban J connectivity index is 1.77. The van der Waals surface area contributed by atoms with Crippen LogP contribution >= 0.6 is 0 Å². The molecule has 4 rings (SSSR count). The maximum absolute atomic E-state index is 12.8.